The van der Waals surface area contributed by atoms with Gasteiger partial charge in [-0.05, 0) is 19.8 Å². The zero-order chi connectivity index (χ0) is 11.2. The maximum Gasteiger partial charge on any atom is 0.302 e. The van der Waals surface area contributed by atoms with Gasteiger partial charge in [0.2, 0.25) is 0 Å². The van der Waals surface area contributed by atoms with Gasteiger partial charge in [-0.2, -0.15) is 0 Å². The number of halogens is 2. The minimum absolute atomic E-state index is 0.194. The van der Waals surface area contributed by atoms with E-state index in [0.29, 0.717) is 6.61 Å². The van der Waals surface area contributed by atoms with Gasteiger partial charge in [0.1, 0.15) is 0 Å². The Morgan fingerprint density at radius 3 is 1.86 bits per heavy atom. The molecule has 0 aromatic rings. The second-order valence-electron chi connectivity index (χ2n) is 2.35. The first-order valence-electron chi connectivity index (χ1n) is 4.52. The van der Waals surface area contributed by atoms with Crippen molar-refractivity contribution in [3.63, 3.8) is 0 Å². The van der Waals surface area contributed by atoms with Gasteiger partial charge in [-0.25, -0.2) is 0 Å². The van der Waals surface area contributed by atoms with Gasteiger partial charge in [0.05, 0.1) is 11.9 Å². The molecule has 1 aliphatic heterocycles. The summed E-state index contributed by atoms with van der Waals surface area (Å²) in [5.74, 6) is -0.211. The van der Waals surface area contributed by atoms with Crippen molar-refractivity contribution in [3.05, 3.63) is 0 Å². The SMILES string of the molecule is C1CCOC1.CCOC(C)=O.ClCCl. The lowest BCUT2D eigenvalue weighted by molar-refractivity contribution is -0.140. The summed E-state index contributed by atoms with van der Waals surface area (Å²) in [6.45, 7) is 5.65. The van der Waals surface area contributed by atoms with Crippen LogP contribution in [0, 0.1) is 0 Å². The molecule has 0 amide bonds. The second-order valence-corrected chi connectivity index (χ2v) is 3.15. The van der Waals surface area contributed by atoms with Crippen LogP contribution in [0.1, 0.15) is 26.7 Å². The van der Waals surface area contributed by atoms with E-state index < -0.39 is 0 Å². The summed E-state index contributed by atoms with van der Waals surface area (Å²) in [4.78, 5) is 9.82. The molecule has 1 heterocycles. The van der Waals surface area contributed by atoms with Gasteiger partial charge < -0.3 is 9.47 Å². The third-order valence-corrected chi connectivity index (χ3v) is 1.17. The largest absolute Gasteiger partial charge is 0.466 e. The summed E-state index contributed by atoms with van der Waals surface area (Å²) in [6.07, 6.45) is 2.56. The molecule has 5 heteroatoms. The maximum absolute atomic E-state index is 9.82. The fourth-order valence-corrected chi connectivity index (χ4v) is 0.714. The van der Waals surface area contributed by atoms with Crippen LogP contribution in [0.15, 0.2) is 0 Å². The molecule has 0 aliphatic carbocycles. The van der Waals surface area contributed by atoms with Gasteiger partial charge in [0.15, 0.2) is 0 Å². The summed E-state index contributed by atoms with van der Waals surface area (Å²) in [7, 11) is 0. The highest BCUT2D eigenvalue weighted by atomic mass is 35.5. The normalized spacial score (nSPS) is 13.1. The first-order chi connectivity index (χ1) is 6.68. The van der Waals surface area contributed by atoms with Crippen LogP contribution in [0.25, 0.3) is 0 Å². The lowest BCUT2D eigenvalue weighted by atomic mass is 10.4. The molecule has 1 rings (SSSR count). The first-order valence-corrected chi connectivity index (χ1v) is 5.58. The van der Waals surface area contributed by atoms with Crippen molar-refractivity contribution in [1.82, 2.24) is 0 Å². The maximum atomic E-state index is 9.82. The van der Waals surface area contributed by atoms with E-state index in [0.717, 1.165) is 13.2 Å². The summed E-state index contributed by atoms with van der Waals surface area (Å²) in [5.41, 5.74) is 0. The minimum Gasteiger partial charge on any atom is -0.466 e. The van der Waals surface area contributed by atoms with Gasteiger partial charge >= 0.3 is 5.97 Å². The molecule has 0 atom stereocenters. The third kappa shape index (κ3) is 22.7. The van der Waals surface area contributed by atoms with Crippen LogP contribution in [0.5, 0.6) is 0 Å². The number of esters is 1. The lowest BCUT2D eigenvalue weighted by Crippen LogP contribution is -1.95. The number of carbonyl (C=O) groups excluding carboxylic acids is 1. The Morgan fingerprint density at radius 1 is 1.36 bits per heavy atom. The lowest BCUT2D eigenvalue weighted by Gasteiger charge is -1.89. The van der Waals surface area contributed by atoms with Crippen LogP contribution in [-0.2, 0) is 14.3 Å². The van der Waals surface area contributed by atoms with E-state index in [1.165, 1.54) is 19.8 Å². The average Bonchev–Trinajstić information content (AvgIpc) is 2.61. The van der Waals surface area contributed by atoms with Gasteiger partial charge in [0, 0.05) is 20.1 Å². The Kier molecular flexibility index (Phi) is 18.2. The third-order valence-electron chi connectivity index (χ3n) is 1.17. The Labute approximate surface area is 95.7 Å². The van der Waals surface area contributed by atoms with E-state index in [4.69, 9.17) is 27.9 Å². The van der Waals surface area contributed by atoms with Gasteiger partial charge in [-0.1, -0.05) is 0 Å². The van der Waals surface area contributed by atoms with E-state index >= 15 is 0 Å². The van der Waals surface area contributed by atoms with E-state index in [1.807, 2.05) is 0 Å². The van der Waals surface area contributed by atoms with Crippen LogP contribution in [-0.4, -0.2) is 31.1 Å². The summed E-state index contributed by atoms with van der Waals surface area (Å²) >= 11 is 9.53. The van der Waals surface area contributed by atoms with Crippen molar-refractivity contribution in [1.29, 1.82) is 0 Å². The molecule has 0 radical (unpaired) electrons. The zero-order valence-corrected chi connectivity index (χ0v) is 10.2. The molecule has 1 saturated heterocycles. The van der Waals surface area contributed by atoms with E-state index in [2.05, 4.69) is 4.74 Å². The molecular formula is C9H18Cl2O3. The fraction of sp³-hybridized carbons (Fsp3) is 0.889. The van der Waals surface area contributed by atoms with E-state index in [-0.39, 0.29) is 11.3 Å². The second kappa shape index (κ2) is 15.5. The highest BCUT2D eigenvalue weighted by Crippen LogP contribution is 1.98. The van der Waals surface area contributed by atoms with Crippen LogP contribution in [0.4, 0.5) is 0 Å². The molecule has 0 spiro atoms. The van der Waals surface area contributed by atoms with Crippen LogP contribution in [0.2, 0.25) is 0 Å². The topological polar surface area (TPSA) is 35.5 Å². The number of rotatable bonds is 1. The molecule has 3 nitrogen and oxygen atoms in total. The summed E-state index contributed by atoms with van der Waals surface area (Å²) in [6, 6.07) is 0. The van der Waals surface area contributed by atoms with Crippen LogP contribution >= 0.6 is 23.2 Å². The molecule has 0 N–H and O–H groups in total. The molecular weight excluding hydrogens is 227 g/mol. The summed E-state index contributed by atoms with van der Waals surface area (Å²) in [5, 5.41) is 0.194. The van der Waals surface area contributed by atoms with E-state index in [9.17, 15) is 4.79 Å². The summed E-state index contributed by atoms with van der Waals surface area (Å²) < 4.78 is 9.35. The molecule has 1 fully saturated rings. The predicted octanol–water partition coefficient (Wildman–Crippen LogP) is 2.79. The van der Waals surface area contributed by atoms with Gasteiger partial charge in [-0.3, -0.25) is 4.79 Å². The first kappa shape index (κ1) is 16.4. The monoisotopic (exact) mass is 244 g/mol. The van der Waals surface area contributed by atoms with Crippen molar-refractivity contribution in [2.75, 3.05) is 25.2 Å². The quantitative estimate of drug-likeness (QED) is 0.526. The molecule has 0 saturated carbocycles. The average molecular weight is 245 g/mol. The van der Waals surface area contributed by atoms with Crippen molar-refractivity contribution < 1.29 is 14.3 Å². The number of ether oxygens (including phenoxy) is 2. The number of hydrogen-bond acceptors (Lipinski definition) is 3. The van der Waals surface area contributed by atoms with Gasteiger partial charge in [0.25, 0.3) is 0 Å². The van der Waals surface area contributed by atoms with Crippen molar-refractivity contribution in [3.8, 4) is 0 Å². The predicted molar refractivity (Wildman–Crippen MR) is 58.9 cm³/mol. The molecule has 0 aromatic heterocycles. The molecule has 0 bridgehead atoms. The van der Waals surface area contributed by atoms with Crippen molar-refractivity contribution in [2.45, 2.75) is 26.7 Å². The number of carbonyl (C=O) groups is 1. The molecule has 14 heavy (non-hydrogen) atoms. The standard InChI is InChI=1S/C4H8O2.C4H8O.CH2Cl2/c1-3-6-4(2)5;1-2-4-5-3-1;2-1-3/h3H2,1-2H3;1-4H2;1H2. The molecule has 86 valence electrons. The Hall–Kier alpha value is 0.01000. The Bertz CT molecular complexity index is 109. The fourth-order valence-electron chi connectivity index (χ4n) is 0.714. The zero-order valence-electron chi connectivity index (χ0n) is 8.72. The van der Waals surface area contributed by atoms with Crippen LogP contribution in [0.3, 0.4) is 0 Å². The molecule has 0 aromatic carbocycles. The number of hydrogen-bond donors (Lipinski definition) is 0. The highest BCUT2D eigenvalue weighted by Gasteiger charge is 1.94. The highest BCUT2D eigenvalue weighted by molar-refractivity contribution is 6.40. The Morgan fingerprint density at radius 2 is 1.79 bits per heavy atom. The molecule has 0 unspecified atom stereocenters. The van der Waals surface area contributed by atoms with Crippen molar-refractivity contribution >= 4 is 29.2 Å². The number of alkyl halides is 2. The molecule has 1 aliphatic rings. The van der Waals surface area contributed by atoms with Crippen molar-refractivity contribution in [2.24, 2.45) is 0 Å². The minimum atomic E-state index is -0.211. The smallest absolute Gasteiger partial charge is 0.302 e. The van der Waals surface area contributed by atoms with E-state index in [1.54, 1.807) is 6.92 Å². The van der Waals surface area contributed by atoms with Crippen LogP contribution < -0.4 is 0 Å². The van der Waals surface area contributed by atoms with Gasteiger partial charge in [-0.15, -0.1) is 23.2 Å². The Balaban J connectivity index is 0.